The molecule has 4 rings (SSSR count). The van der Waals surface area contributed by atoms with Crippen LogP contribution in [0.15, 0.2) is 0 Å². The molecule has 3 nitrogen and oxygen atoms in total. The average Bonchev–Trinajstić information content (AvgIpc) is 3.03. The summed E-state index contributed by atoms with van der Waals surface area (Å²) >= 11 is 0. The van der Waals surface area contributed by atoms with Gasteiger partial charge in [0, 0.05) is 11.8 Å². The second-order valence-electron chi connectivity index (χ2n) is 7.23. The van der Waals surface area contributed by atoms with Gasteiger partial charge in [0.25, 0.3) is 0 Å². The molecule has 1 saturated heterocycles. The van der Waals surface area contributed by atoms with Gasteiger partial charge < -0.3 is 9.84 Å². The number of fused-ring (bicyclic) bond motifs is 5. The number of carbonyl (C=O) groups is 1. The maximum Gasteiger partial charge on any atom is 0.335 e. The molecule has 0 aromatic carbocycles. The average molecular weight is 250 g/mol. The summed E-state index contributed by atoms with van der Waals surface area (Å²) in [5.41, 5.74) is -0.214. The number of cyclic esters (lactones) is 1. The van der Waals surface area contributed by atoms with Gasteiger partial charge in [-0.3, -0.25) is 0 Å². The Hall–Kier alpha value is -0.570. The zero-order chi connectivity index (χ0) is 12.5. The molecule has 4 fully saturated rings. The molecule has 6 unspecified atom stereocenters. The smallest absolute Gasteiger partial charge is 0.335 e. The normalized spacial score (nSPS) is 58.0. The van der Waals surface area contributed by atoms with Crippen LogP contribution < -0.4 is 0 Å². The van der Waals surface area contributed by atoms with E-state index >= 15 is 0 Å². The molecule has 2 bridgehead atoms. The van der Waals surface area contributed by atoms with E-state index in [1.807, 2.05) is 0 Å². The molecule has 100 valence electrons. The molecule has 3 aliphatic carbocycles. The summed E-state index contributed by atoms with van der Waals surface area (Å²) in [5, 5.41) is 9.78. The molecule has 0 aromatic rings. The van der Waals surface area contributed by atoms with Gasteiger partial charge in [0.2, 0.25) is 0 Å². The van der Waals surface area contributed by atoms with Crippen molar-refractivity contribution in [1.82, 2.24) is 0 Å². The number of ether oxygens (including phenoxy) is 1. The van der Waals surface area contributed by atoms with Crippen molar-refractivity contribution in [3.63, 3.8) is 0 Å². The highest BCUT2D eigenvalue weighted by Gasteiger charge is 2.68. The molecule has 1 heterocycles. The van der Waals surface area contributed by atoms with Crippen LogP contribution in [0.25, 0.3) is 0 Å². The molecule has 3 heteroatoms. The van der Waals surface area contributed by atoms with Gasteiger partial charge in [-0.1, -0.05) is 6.42 Å². The minimum Gasteiger partial charge on any atom is -0.457 e. The Bertz CT molecular complexity index is 407. The molecule has 3 saturated carbocycles. The van der Waals surface area contributed by atoms with E-state index in [0.717, 1.165) is 17.8 Å². The van der Waals surface area contributed by atoms with Crippen LogP contribution in [0.3, 0.4) is 0 Å². The predicted molar refractivity (Wildman–Crippen MR) is 65.7 cm³/mol. The third-order valence-corrected chi connectivity index (χ3v) is 6.71. The standard InChI is InChI=1S/C15H22O3/c1-14(8-12(16)13(17)18-14)15-6-5-9(7-15)10-3-2-4-11(10)15/h9-12,16H,2-8H2,1H3. The molecule has 4 aliphatic rings. The van der Waals surface area contributed by atoms with Crippen LogP contribution in [-0.2, 0) is 9.53 Å². The van der Waals surface area contributed by atoms with E-state index in [2.05, 4.69) is 6.92 Å². The highest BCUT2D eigenvalue weighted by Crippen LogP contribution is 2.71. The lowest BCUT2D eigenvalue weighted by Crippen LogP contribution is -2.48. The van der Waals surface area contributed by atoms with Crippen LogP contribution in [0, 0.1) is 23.2 Å². The van der Waals surface area contributed by atoms with Crippen LogP contribution >= 0.6 is 0 Å². The van der Waals surface area contributed by atoms with Crippen molar-refractivity contribution < 1.29 is 14.6 Å². The third kappa shape index (κ3) is 1.13. The van der Waals surface area contributed by atoms with Crippen LogP contribution in [0.2, 0.25) is 0 Å². The highest BCUT2D eigenvalue weighted by atomic mass is 16.6. The lowest BCUT2D eigenvalue weighted by molar-refractivity contribution is -0.165. The molecular weight excluding hydrogens is 228 g/mol. The van der Waals surface area contributed by atoms with Crippen molar-refractivity contribution in [2.24, 2.45) is 23.2 Å². The zero-order valence-electron chi connectivity index (χ0n) is 11.0. The number of rotatable bonds is 1. The van der Waals surface area contributed by atoms with Gasteiger partial charge in [0.05, 0.1) is 0 Å². The van der Waals surface area contributed by atoms with E-state index in [4.69, 9.17) is 4.74 Å². The SMILES string of the molecule is CC1(C23CCC(C2)C2CCCC23)CC(O)C(=O)O1. The number of hydrogen-bond acceptors (Lipinski definition) is 3. The Labute approximate surface area is 108 Å². The van der Waals surface area contributed by atoms with E-state index < -0.39 is 17.7 Å². The molecule has 6 atom stereocenters. The van der Waals surface area contributed by atoms with Gasteiger partial charge in [0.15, 0.2) is 6.10 Å². The second-order valence-corrected chi connectivity index (χ2v) is 7.23. The number of carbonyl (C=O) groups excluding carboxylic acids is 1. The van der Waals surface area contributed by atoms with Crippen molar-refractivity contribution >= 4 is 5.97 Å². The fourth-order valence-corrected chi connectivity index (χ4v) is 6.02. The van der Waals surface area contributed by atoms with Crippen LogP contribution in [0.1, 0.15) is 51.9 Å². The van der Waals surface area contributed by atoms with Crippen LogP contribution in [0.4, 0.5) is 0 Å². The molecule has 0 spiro atoms. The van der Waals surface area contributed by atoms with Gasteiger partial charge in [0.1, 0.15) is 5.60 Å². The van der Waals surface area contributed by atoms with Gasteiger partial charge in [-0.15, -0.1) is 0 Å². The molecule has 0 radical (unpaired) electrons. The summed E-state index contributed by atoms with van der Waals surface area (Å²) in [6.07, 6.45) is 7.41. The first-order valence-electron chi connectivity index (χ1n) is 7.47. The molecule has 0 aromatic heterocycles. The first-order valence-corrected chi connectivity index (χ1v) is 7.47. The summed E-state index contributed by atoms with van der Waals surface area (Å²) < 4.78 is 5.69. The topological polar surface area (TPSA) is 46.5 Å². The molecule has 1 N–H and O–H groups in total. The van der Waals surface area contributed by atoms with Gasteiger partial charge in [-0.05, 0) is 56.8 Å². The Morgan fingerprint density at radius 3 is 2.83 bits per heavy atom. The maximum absolute atomic E-state index is 11.6. The molecule has 1 aliphatic heterocycles. The van der Waals surface area contributed by atoms with Crippen molar-refractivity contribution in [3.05, 3.63) is 0 Å². The zero-order valence-corrected chi connectivity index (χ0v) is 11.0. The Kier molecular flexibility index (Phi) is 2.07. The molecule has 0 amide bonds. The summed E-state index contributed by atoms with van der Waals surface area (Å²) in [4.78, 5) is 11.6. The minimum atomic E-state index is -0.885. The van der Waals surface area contributed by atoms with Gasteiger partial charge in [-0.2, -0.15) is 0 Å². The fourth-order valence-electron chi connectivity index (χ4n) is 6.02. The molecular formula is C15H22O3. The molecule has 18 heavy (non-hydrogen) atoms. The Morgan fingerprint density at radius 1 is 1.28 bits per heavy atom. The number of esters is 1. The number of aliphatic hydroxyl groups is 1. The monoisotopic (exact) mass is 250 g/mol. The quantitative estimate of drug-likeness (QED) is 0.726. The number of hydrogen-bond donors (Lipinski definition) is 1. The third-order valence-electron chi connectivity index (χ3n) is 6.71. The van der Waals surface area contributed by atoms with Crippen molar-refractivity contribution in [1.29, 1.82) is 0 Å². The lowest BCUT2D eigenvalue weighted by atomic mass is 9.62. The fraction of sp³-hybridized carbons (Fsp3) is 0.933. The highest BCUT2D eigenvalue weighted by molar-refractivity contribution is 5.77. The largest absolute Gasteiger partial charge is 0.457 e. The summed E-state index contributed by atoms with van der Waals surface area (Å²) in [5.74, 6) is 2.11. The van der Waals surface area contributed by atoms with E-state index in [9.17, 15) is 9.90 Å². The van der Waals surface area contributed by atoms with E-state index in [-0.39, 0.29) is 5.41 Å². The van der Waals surface area contributed by atoms with E-state index in [0.29, 0.717) is 6.42 Å². The summed E-state index contributed by atoms with van der Waals surface area (Å²) in [6, 6.07) is 0. The van der Waals surface area contributed by atoms with Crippen molar-refractivity contribution in [2.45, 2.75) is 63.6 Å². The van der Waals surface area contributed by atoms with Crippen LogP contribution in [-0.4, -0.2) is 22.8 Å². The van der Waals surface area contributed by atoms with Gasteiger partial charge in [-0.25, -0.2) is 4.79 Å². The first-order chi connectivity index (χ1) is 8.56. The minimum absolute atomic E-state index is 0.186. The van der Waals surface area contributed by atoms with Crippen molar-refractivity contribution in [2.75, 3.05) is 0 Å². The maximum atomic E-state index is 11.6. The summed E-state index contributed by atoms with van der Waals surface area (Å²) in [6.45, 7) is 2.09. The summed E-state index contributed by atoms with van der Waals surface area (Å²) in [7, 11) is 0. The Morgan fingerprint density at radius 2 is 2.11 bits per heavy atom. The second kappa shape index (κ2) is 3.30. The van der Waals surface area contributed by atoms with Crippen LogP contribution in [0.5, 0.6) is 0 Å². The first kappa shape index (κ1) is 11.3. The van der Waals surface area contributed by atoms with Crippen molar-refractivity contribution in [3.8, 4) is 0 Å². The predicted octanol–water partition coefficient (Wildman–Crippen LogP) is 2.27. The van der Waals surface area contributed by atoms with E-state index in [1.54, 1.807) is 0 Å². The van der Waals surface area contributed by atoms with Gasteiger partial charge >= 0.3 is 5.97 Å². The Balaban J connectivity index is 1.73. The number of aliphatic hydroxyl groups excluding tert-OH is 1. The lowest BCUT2D eigenvalue weighted by Gasteiger charge is -2.46. The van der Waals surface area contributed by atoms with E-state index in [1.165, 1.54) is 38.5 Å².